The number of aryl methyl sites for hydroxylation is 1. The summed E-state index contributed by atoms with van der Waals surface area (Å²) in [5.41, 5.74) is 7.98. The molecule has 0 bridgehead atoms. The Bertz CT molecular complexity index is 842. The van der Waals surface area contributed by atoms with E-state index in [-0.39, 0.29) is 5.54 Å². The number of rotatable bonds is 10. The van der Waals surface area contributed by atoms with E-state index in [1.54, 1.807) is 11.8 Å². The third kappa shape index (κ3) is 6.69. The molecule has 0 saturated heterocycles. The molecule has 3 rings (SSSR count). The molecule has 1 aromatic heterocycles. The summed E-state index contributed by atoms with van der Waals surface area (Å²) >= 11 is 1.80. The van der Waals surface area contributed by atoms with E-state index in [1.165, 1.54) is 5.56 Å². The number of nitrogens with two attached hydrogens (primary N) is 1. The lowest BCUT2D eigenvalue weighted by molar-refractivity contribution is 0.274. The van der Waals surface area contributed by atoms with Crippen molar-refractivity contribution in [1.29, 1.82) is 0 Å². The molecule has 0 fully saturated rings. The third-order valence-electron chi connectivity index (χ3n) is 4.19. The highest BCUT2D eigenvalue weighted by molar-refractivity contribution is 7.98. The van der Waals surface area contributed by atoms with Crippen molar-refractivity contribution in [3.63, 3.8) is 0 Å². The maximum atomic E-state index is 5.97. The van der Waals surface area contributed by atoms with Gasteiger partial charge in [-0.15, -0.1) is 10.2 Å². The van der Waals surface area contributed by atoms with Crippen LogP contribution in [0.4, 0.5) is 0 Å². The summed E-state index contributed by atoms with van der Waals surface area (Å²) in [6, 6.07) is 18.2. The van der Waals surface area contributed by atoms with E-state index in [0.29, 0.717) is 18.4 Å². The van der Waals surface area contributed by atoms with Gasteiger partial charge in [0.1, 0.15) is 5.75 Å². The van der Waals surface area contributed by atoms with Crippen molar-refractivity contribution in [3.8, 4) is 17.2 Å². The van der Waals surface area contributed by atoms with E-state index in [4.69, 9.17) is 14.9 Å². The molecule has 0 aliphatic heterocycles. The van der Waals surface area contributed by atoms with Crippen LogP contribution in [-0.4, -0.2) is 28.1 Å². The number of benzene rings is 2. The SMILES string of the molecule is CC(C)(N)CCOc1ccc(-c2nnc(CSCCc3ccccc3)o2)cc1. The highest BCUT2D eigenvalue weighted by Gasteiger charge is 2.11. The van der Waals surface area contributed by atoms with Gasteiger partial charge >= 0.3 is 0 Å². The second-order valence-electron chi connectivity index (χ2n) is 7.40. The first-order chi connectivity index (χ1) is 13.5. The van der Waals surface area contributed by atoms with Crippen LogP contribution in [-0.2, 0) is 12.2 Å². The van der Waals surface area contributed by atoms with Crippen LogP contribution in [0.2, 0.25) is 0 Å². The number of aromatic nitrogens is 2. The molecule has 1 heterocycles. The van der Waals surface area contributed by atoms with Gasteiger partial charge in [-0.05, 0) is 62.3 Å². The van der Waals surface area contributed by atoms with Gasteiger partial charge in [-0.25, -0.2) is 0 Å². The second-order valence-corrected chi connectivity index (χ2v) is 8.51. The fourth-order valence-electron chi connectivity index (χ4n) is 2.55. The van der Waals surface area contributed by atoms with Gasteiger partial charge in [-0.3, -0.25) is 0 Å². The van der Waals surface area contributed by atoms with Crippen molar-refractivity contribution in [3.05, 3.63) is 66.1 Å². The monoisotopic (exact) mass is 397 g/mol. The summed E-state index contributed by atoms with van der Waals surface area (Å²) in [6.45, 7) is 4.58. The Morgan fingerprint density at radius 3 is 2.50 bits per heavy atom. The molecule has 28 heavy (non-hydrogen) atoms. The van der Waals surface area contributed by atoms with Gasteiger partial charge < -0.3 is 14.9 Å². The average molecular weight is 398 g/mol. The number of thioether (sulfide) groups is 1. The van der Waals surface area contributed by atoms with Gasteiger partial charge in [0.15, 0.2) is 0 Å². The predicted octanol–water partition coefficient (Wildman–Crippen LogP) is 4.72. The van der Waals surface area contributed by atoms with Gasteiger partial charge in [0.25, 0.3) is 0 Å². The van der Waals surface area contributed by atoms with Crippen LogP contribution >= 0.6 is 11.8 Å². The largest absolute Gasteiger partial charge is 0.494 e. The van der Waals surface area contributed by atoms with E-state index in [0.717, 1.165) is 35.7 Å². The minimum atomic E-state index is -0.223. The third-order valence-corrected chi connectivity index (χ3v) is 5.13. The fraction of sp³-hybridized carbons (Fsp3) is 0.364. The van der Waals surface area contributed by atoms with Crippen molar-refractivity contribution in [2.24, 2.45) is 5.73 Å². The summed E-state index contributed by atoms with van der Waals surface area (Å²) < 4.78 is 11.5. The number of ether oxygens (including phenoxy) is 1. The maximum Gasteiger partial charge on any atom is 0.247 e. The Balaban J connectivity index is 1.45. The molecule has 0 atom stereocenters. The number of hydrogen-bond donors (Lipinski definition) is 1. The molecule has 2 aromatic carbocycles. The standard InChI is InChI=1S/C22H27N3O2S/c1-22(2,23)13-14-26-19-10-8-18(9-11-19)21-25-24-20(27-21)16-28-15-12-17-6-4-3-5-7-17/h3-11H,12-16,23H2,1-2H3. The molecule has 5 nitrogen and oxygen atoms in total. The minimum absolute atomic E-state index is 0.223. The predicted molar refractivity (Wildman–Crippen MR) is 114 cm³/mol. The Hall–Kier alpha value is -2.31. The van der Waals surface area contributed by atoms with E-state index in [1.807, 2.05) is 44.2 Å². The molecule has 0 spiro atoms. The molecule has 0 radical (unpaired) electrons. The Morgan fingerprint density at radius 2 is 1.79 bits per heavy atom. The fourth-order valence-corrected chi connectivity index (χ4v) is 3.36. The zero-order chi connectivity index (χ0) is 19.8. The lowest BCUT2D eigenvalue weighted by Crippen LogP contribution is -2.33. The summed E-state index contributed by atoms with van der Waals surface area (Å²) in [4.78, 5) is 0. The molecule has 2 N–H and O–H groups in total. The lowest BCUT2D eigenvalue weighted by atomic mass is 10.0. The smallest absolute Gasteiger partial charge is 0.247 e. The Kier molecular flexibility index (Phi) is 7.12. The van der Waals surface area contributed by atoms with Crippen molar-refractivity contribution in [1.82, 2.24) is 10.2 Å². The summed E-state index contributed by atoms with van der Waals surface area (Å²) in [7, 11) is 0. The lowest BCUT2D eigenvalue weighted by Gasteiger charge is -2.18. The first-order valence-electron chi connectivity index (χ1n) is 9.46. The Labute approximate surface area is 170 Å². The molecule has 3 aromatic rings. The quantitative estimate of drug-likeness (QED) is 0.499. The summed E-state index contributed by atoms with van der Waals surface area (Å²) in [6.07, 6.45) is 1.83. The molecule has 6 heteroatoms. The first kappa shape index (κ1) is 20.4. The molecule has 0 amide bonds. The van der Waals surface area contributed by atoms with Gasteiger partial charge in [0.2, 0.25) is 11.8 Å². The normalized spacial score (nSPS) is 11.5. The topological polar surface area (TPSA) is 74.2 Å². The average Bonchev–Trinajstić information content (AvgIpc) is 3.15. The van der Waals surface area contributed by atoms with E-state index in [2.05, 4.69) is 34.5 Å². The number of nitrogens with zero attached hydrogens (tertiary/aromatic N) is 2. The molecule has 148 valence electrons. The summed E-state index contributed by atoms with van der Waals surface area (Å²) in [5.74, 6) is 3.74. The van der Waals surface area contributed by atoms with Crippen molar-refractivity contribution in [2.45, 2.75) is 38.0 Å². The van der Waals surface area contributed by atoms with E-state index >= 15 is 0 Å². The van der Waals surface area contributed by atoms with Gasteiger partial charge in [-0.2, -0.15) is 11.8 Å². The van der Waals surface area contributed by atoms with Crippen LogP contribution in [0.1, 0.15) is 31.7 Å². The van der Waals surface area contributed by atoms with Crippen LogP contribution in [0.15, 0.2) is 59.0 Å². The highest BCUT2D eigenvalue weighted by atomic mass is 32.2. The van der Waals surface area contributed by atoms with E-state index in [9.17, 15) is 0 Å². The van der Waals surface area contributed by atoms with Crippen LogP contribution in [0.25, 0.3) is 11.5 Å². The van der Waals surface area contributed by atoms with Crippen molar-refractivity contribution < 1.29 is 9.15 Å². The minimum Gasteiger partial charge on any atom is -0.494 e. The Morgan fingerprint density at radius 1 is 1.04 bits per heavy atom. The van der Waals surface area contributed by atoms with Gasteiger partial charge in [0.05, 0.1) is 12.4 Å². The molecule has 0 aliphatic rings. The zero-order valence-electron chi connectivity index (χ0n) is 16.4. The molecule has 0 saturated carbocycles. The van der Waals surface area contributed by atoms with Gasteiger partial charge in [0, 0.05) is 11.1 Å². The van der Waals surface area contributed by atoms with Crippen LogP contribution in [0.3, 0.4) is 0 Å². The van der Waals surface area contributed by atoms with Crippen molar-refractivity contribution in [2.75, 3.05) is 12.4 Å². The molecule has 0 aliphatic carbocycles. The molecule has 0 unspecified atom stereocenters. The van der Waals surface area contributed by atoms with Crippen LogP contribution in [0, 0.1) is 0 Å². The number of hydrogen-bond acceptors (Lipinski definition) is 6. The highest BCUT2D eigenvalue weighted by Crippen LogP contribution is 2.23. The maximum absolute atomic E-state index is 5.97. The van der Waals surface area contributed by atoms with Crippen molar-refractivity contribution >= 4 is 11.8 Å². The molecular weight excluding hydrogens is 370 g/mol. The van der Waals surface area contributed by atoms with Crippen LogP contribution < -0.4 is 10.5 Å². The van der Waals surface area contributed by atoms with E-state index < -0.39 is 0 Å². The second kappa shape index (κ2) is 9.75. The van der Waals surface area contributed by atoms with Gasteiger partial charge in [-0.1, -0.05) is 30.3 Å². The summed E-state index contributed by atoms with van der Waals surface area (Å²) in [5, 5.41) is 8.31. The molecular formula is C22H27N3O2S. The van der Waals surface area contributed by atoms with Crippen LogP contribution in [0.5, 0.6) is 5.75 Å². The zero-order valence-corrected chi connectivity index (χ0v) is 17.2. The first-order valence-corrected chi connectivity index (χ1v) is 10.6.